The lowest BCUT2D eigenvalue weighted by molar-refractivity contribution is 0.240. The van der Waals surface area contributed by atoms with Crippen LogP contribution in [0, 0.1) is 5.92 Å². The molecule has 2 aliphatic carbocycles. The maximum Gasteiger partial charge on any atom is 0.315 e. The number of sulfone groups is 1. The molecule has 21 heavy (non-hydrogen) atoms. The Balaban J connectivity index is 1.53. The minimum Gasteiger partial charge on any atom is -0.337 e. The molecule has 1 aromatic rings. The molecule has 0 unspecified atom stereocenters. The monoisotopic (exact) mass is 308 g/mol. The Bertz CT molecular complexity index is 657. The predicted octanol–water partition coefficient (Wildman–Crippen LogP) is 1.06. The largest absolute Gasteiger partial charge is 0.337 e. The third-order valence-corrected chi connectivity index (χ3v) is 5.33. The summed E-state index contributed by atoms with van der Waals surface area (Å²) >= 11 is 0. The second-order valence-electron chi connectivity index (χ2n) is 5.98. The van der Waals surface area contributed by atoms with E-state index in [9.17, 15) is 13.2 Å². The van der Waals surface area contributed by atoms with E-state index < -0.39 is 9.84 Å². The molecule has 0 heterocycles. The fourth-order valence-electron chi connectivity index (χ4n) is 3.32. The quantitative estimate of drug-likeness (QED) is 0.873. The van der Waals surface area contributed by atoms with E-state index in [1.165, 1.54) is 17.4 Å². The molecule has 1 aromatic carbocycles. The van der Waals surface area contributed by atoms with Crippen molar-refractivity contribution >= 4 is 15.9 Å². The number of benzene rings is 1. The Morgan fingerprint density at radius 1 is 1.33 bits per heavy atom. The summed E-state index contributed by atoms with van der Waals surface area (Å²) in [6.45, 7) is 0.156. The van der Waals surface area contributed by atoms with Gasteiger partial charge in [0, 0.05) is 24.8 Å². The smallest absolute Gasteiger partial charge is 0.315 e. The van der Waals surface area contributed by atoms with E-state index in [0.717, 1.165) is 12.8 Å². The lowest BCUT2D eigenvalue weighted by atomic mass is 9.92. The van der Waals surface area contributed by atoms with Gasteiger partial charge in [0.2, 0.25) is 0 Å². The summed E-state index contributed by atoms with van der Waals surface area (Å²) in [6.07, 6.45) is 3.35. The van der Waals surface area contributed by atoms with Gasteiger partial charge in [0.1, 0.15) is 9.84 Å². The Morgan fingerprint density at radius 2 is 2.10 bits per heavy atom. The molecule has 0 aliphatic heterocycles. The van der Waals surface area contributed by atoms with Crippen LogP contribution in [0.1, 0.15) is 23.5 Å². The molecule has 114 valence electrons. The number of carbonyl (C=O) groups is 1. The van der Waals surface area contributed by atoms with Crippen LogP contribution in [0.25, 0.3) is 0 Å². The minimum atomic E-state index is -3.04. The zero-order chi connectivity index (χ0) is 15.0. The molecule has 3 rings (SSSR count). The first-order valence-electron chi connectivity index (χ1n) is 7.25. The minimum absolute atomic E-state index is 0.0270. The van der Waals surface area contributed by atoms with Crippen molar-refractivity contribution in [1.82, 2.24) is 10.6 Å². The first-order valence-corrected chi connectivity index (χ1v) is 9.31. The highest BCUT2D eigenvalue weighted by molar-refractivity contribution is 7.90. The number of hydrogen-bond acceptors (Lipinski definition) is 3. The van der Waals surface area contributed by atoms with E-state index in [1.807, 2.05) is 6.07 Å². The van der Waals surface area contributed by atoms with E-state index >= 15 is 0 Å². The van der Waals surface area contributed by atoms with Crippen molar-refractivity contribution in [3.8, 4) is 0 Å². The molecule has 0 bridgehead atoms. The summed E-state index contributed by atoms with van der Waals surface area (Å²) in [5, 5.41) is 5.59. The molecule has 2 aliphatic rings. The second-order valence-corrected chi connectivity index (χ2v) is 8.24. The van der Waals surface area contributed by atoms with Crippen LogP contribution in [0.4, 0.5) is 4.79 Å². The average molecular weight is 308 g/mol. The maximum atomic E-state index is 11.8. The topological polar surface area (TPSA) is 75.3 Å². The normalized spacial score (nSPS) is 26.4. The van der Waals surface area contributed by atoms with E-state index in [4.69, 9.17) is 0 Å². The van der Waals surface area contributed by atoms with Crippen molar-refractivity contribution in [1.29, 1.82) is 0 Å². The van der Waals surface area contributed by atoms with Crippen LogP contribution >= 0.6 is 0 Å². The number of urea groups is 1. The molecule has 2 N–H and O–H groups in total. The lowest BCUT2D eigenvalue weighted by Gasteiger charge is -2.13. The van der Waals surface area contributed by atoms with Crippen LogP contribution in [0.2, 0.25) is 0 Å². The maximum absolute atomic E-state index is 11.8. The van der Waals surface area contributed by atoms with Crippen LogP contribution in [0.5, 0.6) is 0 Å². The van der Waals surface area contributed by atoms with Gasteiger partial charge in [-0.2, -0.15) is 0 Å². The molecule has 3 atom stereocenters. The van der Waals surface area contributed by atoms with Gasteiger partial charge in [-0.15, -0.1) is 0 Å². The van der Waals surface area contributed by atoms with Gasteiger partial charge in [-0.05, 0) is 29.9 Å². The average Bonchev–Trinajstić information content (AvgIpc) is 3.11. The van der Waals surface area contributed by atoms with Crippen LogP contribution in [-0.4, -0.2) is 39.0 Å². The highest BCUT2D eigenvalue weighted by Crippen LogP contribution is 2.54. The van der Waals surface area contributed by atoms with E-state index in [1.54, 1.807) is 0 Å². The predicted molar refractivity (Wildman–Crippen MR) is 81.0 cm³/mol. The summed E-state index contributed by atoms with van der Waals surface area (Å²) in [6, 6.07) is 8.33. The van der Waals surface area contributed by atoms with Crippen LogP contribution in [0.3, 0.4) is 0 Å². The first kappa shape index (κ1) is 14.4. The van der Waals surface area contributed by atoms with Crippen LogP contribution in [0.15, 0.2) is 24.3 Å². The van der Waals surface area contributed by atoms with E-state index in [0.29, 0.717) is 11.8 Å². The molecule has 1 saturated carbocycles. The van der Waals surface area contributed by atoms with Gasteiger partial charge in [0.05, 0.1) is 5.75 Å². The van der Waals surface area contributed by atoms with Crippen LogP contribution in [-0.2, 0) is 16.3 Å². The Morgan fingerprint density at radius 3 is 2.86 bits per heavy atom. The third-order valence-electron chi connectivity index (χ3n) is 4.39. The highest BCUT2D eigenvalue weighted by Gasteiger charge is 2.53. The molecule has 0 radical (unpaired) electrons. The van der Waals surface area contributed by atoms with Gasteiger partial charge in [0.25, 0.3) is 0 Å². The molecular formula is C15H20N2O3S. The Hall–Kier alpha value is -1.56. The molecule has 5 nitrogen and oxygen atoms in total. The van der Waals surface area contributed by atoms with E-state index in [2.05, 4.69) is 28.8 Å². The Labute approximate surface area is 125 Å². The molecular weight excluding hydrogens is 288 g/mol. The van der Waals surface area contributed by atoms with Gasteiger partial charge in [0.15, 0.2) is 0 Å². The summed E-state index contributed by atoms with van der Waals surface area (Å²) in [5.41, 5.74) is 2.75. The first-order chi connectivity index (χ1) is 9.96. The van der Waals surface area contributed by atoms with Crippen molar-refractivity contribution < 1.29 is 13.2 Å². The van der Waals surface area contributed by atoms with Crippen molar-refractivity contribution in [3.63, 3.8) is 0 Å². The van der Waals surface area contributed by atoms with Crippen molar-refractivity contribution in [3.05, 3.63) is 35.4 Å². The summed E-state index contributed by atoms with van der Waals surface area (Å²) in [5.74, 6) is 0.928. The molecule has 0 aromatic heterocycles. The second kappa shape index (κ2) is 5.33. The van der Waals surface area contributed by atoms with Gasteiger partial charge in [-0.3, -0.25) is 0 Å². The molecule has 6 heteroatoms. The fraction of sp³-hybridized carbons (Fsp3) is 0.533. The van der Waals surface area contributed by atoms with Gasteiger partial charge in [-0.1, -0.05) is 24.3 Å². The zero-order valence-corrected chi connectivity index (χ0v) is 12.8. The number of amides is 2. The zero-order valence-electron chi connectivity index (χ0n) is 12.0. The van der Waals surface area contributed by atoms with Crippen molar-refractivity contribution in [2.75, 3.05) is 18.6 Å². The number of fused-ring (bicyclic) bond motifs is 3. The SMILES string of the molecule is CS(=O)(=O)CCNC(=O)N[C@@H]1[C@@H]2CCc3ccccc3[C@@H]21. The van der Waals surface area contributed by atoms with Crippen molar-refractivity contribution in [2.45, 2.75) is 24.8 Å². The molecule has 0 spiro atoms. The molecule has 1 fully saturated rings. The third kappa shape index (κ3) is 3.20. The number of carbonyl (C=O) groups excluding carboxylic acids is 1. The van der Waals surface area contributed by atoms with Gasteiger partial charge >= 0.3 is 6.03 Å². The Kier molecular flexibility index (Phi) is 3.65. The number of nitrogens with one attached hydrogen (secondary N) is 2. The summed E-state index contributed by atoms with van der Waals surface area (Å²) in [4.78, 5) is 11.8. The number of hydrogen-bond donors (Lipinski definition) is 2. The van der Waals surface area contributed by atoms with E-state index in [-0.39, 0.29) is 24.4 Å². The summed E-state index contributed by atoms with van der Waals surface area (Å²) in [7, 11) is -3.04. The highest BCUT2D eigenvalue weighted by atomic mass is 32.2. The summed E-state index contributed by atoms with van der Waals surface area (Å²) < 4.78 is 22.0. The molecule has 0 saturated heterocycles. The van der Waals surface area contributed by atoms with Gasteiger partial charge < -0.3 is 10.6 Å². The molecule has 2 amide bonds. The standard InChI is InChI=1S/C15H20N2O3S/c1-21(19,20)9-8-16-15(18)17-14-12-7-6-10-4-2-3-5-11(10)13(12)14/h2-5,12-14H,6-9H2,1H3,(H2,16,17,18)/t12-,13+,14-/m1/s1. The van der Waals surface area contributed by atoms with Gasteiger partial charge in [-0.25, -0.2) is 13.2 Å². The van der Waals surface area contributed by atoms with Crippen molar-refractivity contribution in [2.24, 2.45) is 5.92 Å². The fourth-order valence-corrected chi connectivity index (χ4v) is 3.79. The van der Waals surface area contributed by atoms with Crippen LogP contribution < -0.4 is 10.6 Å². The number of rotatable bonds is 4. The lowest BCUT2D eigenvalue weighted by Crippen LogP contribution is -2.39. The number of aryl methyl sites for hydroxylation is 1.